The Labute approximate surface area is 141 Å². The summed E-state index contributed by atoms with van der Waals surface area (Å²) in [5, 5.41) is 14.2. The van der Waals surface area contributed by atoms with Crippen molar-refractivity contribution in [1.29, 1.82) is 0 Å². The maximum atomic E-state index is 12.1. The fourth-order valence-corrected chi connectivity index (χ4v) is 3.02. The van der Waals surface area contributed by atoms with Crippen molar-refractivity contribution in [1.82, 2.24) is 4.98 Å². The second-order valence-corrected chi connectivity index (χ2v) is 5.96. The fourth-order valence-electron chi connectivity index (χ4n) is 2.13. The summed E-state index contributed by atoms with van der Waals surface area (Å²) in [4.78, 5) is 26.7. The average molecular weight is 343 g/mol. The molecule has 0 aliphatic heterocycles. The lowest BCUT2D eigenvalue weighted by molar-refractivity contribution is -0.384. The molecule has 8 heteroatoms. The lowest BCUT2D eigenvalue weighted by Gasteiger charge is -2.02. The van der Waals surface area contributed by atoms with Crippen LogP contribution < -0.4 is 10.1 Å². The Hall–Kier alpha value is -3.00. The van der Waals surface area contributed by atoms with Crippen molar-refractivity contribution in [3.8, 4) is 5.75 Å². The van der Waals surface area contributed by atoms with Gasteiger partial charge in [0, 0.05) is 17.7 Å². The summed E-state index contributed by atoms with van der Waals surface area (Å²) in [5.41, 5.74) is 1.20. The number of thiazole rings is 1. The van der Waals surface area contributed by atoms with Gasteiger partial charge in [-0.3, -0.25) is 14.9 Å². The van der Waals surface area contributed by atoms with E-state index < -0.39 is 4.92 Å². The van der Waals surface area contributed by atoms with E-state index in [-0.39, 0.29) is 18.0 Å². The summed E-state index contributed by atoms with van der Waals surface area (Å²) in [6.45, 7) is 0.0643. The highest BCUT2D eigenvalue weighted by molar-refractivity contribution is 7.22. The summed E-state index contributed by atoms with van der Waals surface area (Å²) in [6.07, 6.45) is 0. The molecule has 0 fully saturated rings. The molecule has 7 nitrogen and oxygen atoms in total. The fraction of sp³-hybridized carbons (Fsp3) is 0.125. The maximum absolute atomic E-state index is 12.1. The first-order chi connectivity index (χ1) is 11.6. The monoisotopic (exact) mass is 343 g/mol. The van der Waals surface area contributed by atoms with Gasteiger partial charge in [-0.2, -0.15) is 0 Å². The van der Waals surface area contributed by atoms with Crippen LogP contribution >= 0.6 is 11.3 Å². The molecule has 0 unspecified atom stereocenters. The minimum Gasteiger partial charge on any atom is -0.497 e. The first-order valence-corrected chi connectivity index (χ1v) is 7.84. The predicted octanol–water partition coefficient (Wildman–Crippen LogP) is 3.51. The van der Waals surface area contributed by atoms with Crippen LogP contribution in [-0.2, 0) is 0 Å². The second-order valence-electron chi connectivity index (χ2n) is 4.93. The third-order valence-electron chi connectivity index (χ3n) is 3.40. The van der Waals surface area contributed by atoms with Gasteiger partial charge >= 0.3 is 0 Å². The molecule has 0 saturated heterocycles. The number of carbonyl (C=O) groups is 1. The molecule has 3 rings (SSSR count). The highest BCUT2D eigenvalue weighted by atomic mass is 32.1. The number of nitro benzene ring substituents is 1. The van der Waals surface area contributed by atoms with Crippen molar-refractivity contribution in [2.75, 3.05) is 19.0 Å². The molecule has 0 saturated carbocycles. The molecule has 0 aliphatic carbocycles. The Kier molecular flexibility index (Phi) is 4.39. The van der Waals surface area contributed by atoms with Crippen LogP contribution in [-0.4, -0.2) is 29.3 Å². The molecule has 1 heterocycles. The lowest BCUT2D eigenvalue weighted by Crippen LogP contribution is -2.13. The van der Waals surface area contributed by atoms with Crippen molar-refractivity contribution in [3.05, 3.63) is 58.1 Å². The zero-order valence-corrected chi connectivity index (χ0v) is 13.5. The number of benzene rings is 2. The number of ether oxygens (including phenoxy) is 1. The van der Waals surface area contributed by atoms with Crippen molar-refractivity contribution >= 4 is 38.2 Å². The number of nitrogens with zero attached hydrogens (tertiary/aromatic N) is 2. The largest absolute Gasteiger partial charge is 0.497 e. The van der Waals surface area contributed by atoms with Crippen LogP contribution in [0.5, 0.6) is 5.75 Å². The van der Waals surface area contributed by atoms with E-state index in [4.69, 9.17) is 4.74 Å². The first kappa shape index (κ1) is 15.9. The van der Waals surface area contributed by atoms with Gasteiger partial charge in [0.05, 0.1) is 28.8 Å². The summed E-state index contributed by atoms with van der Waals surface area (Å²) in [7, 11) is 1.60. The molecule has 0 amide bonds. The topological polar surface area (TPSA) is 94.4 Å². The molecule has 3 aromatic rings. The smallest absolute Gasteiger partial charge is 0.269 e. The van der Waals surface area contributed by atoms with Crippen molar-refractivity contribution in [2.24, 2.45) is 0 Å². The minimum atomic E-state index is -0.498. The van der Waals surface area contributed by atoms with E-state index >= 15 is 0 Å². The first-order valence-electron chi connectivity index (χ1n) is 7.03. The Morgan fingerprint density at radius 1 is 1.29 bits per heavy atom. The highest BCUT2D eigenvalue weighted by Gasteiger charge is 2.11. The third kappa shape index (κ3) is 3.33. The molecule has 1 aromatic heterocycles. The van der Waals surface area contributed by atoms with Crippen molar-refractivity contribution in [2.45, 2.75) is 0 Å². The third-order valence-corrected chi connectivity index (χ3v) is 4.37. The van der Waals surface area contributed by atoms with Gasteiger partial charge in [-0.05, 0) is 30.3 Å². The number of nitro groups is 1. The normalized spacial score (nSPS) is 10.5. The number of ketones is 1. The van der Waals surface area contributed by atoms with Crippen LogP contribution in [0.3, 0.4) is 0 Å². The predicted molar refractivity (Wildman–Crippen MR) is 92.1 cm³/mol. The van der Waals surface area contributed by atoms with E-state index in [0.717, 1.165) is 16.0 Å². The number of anilines is 1. The molecule has 0 spiro atoms. The number of carbonyl (C=O) groups excluding carboxylic acids is 1. The molecule has 1 N–H and O–H groups in total. The van der Waals surface area contributed by atoms with Gasteiger partial charge in [0.1, 0.15) is 5.75 Å². The molecular formula is C16H13N3O4S. The van der Waals surface area contributed by atoms with E-state index in [0.29, 0.717) is 10.7 Å². The van der Waals surface area contributed by atoms with E-state index in [9.17, 15) is 14.9 Å². The van der Waals surface area contributed by atoms with Gasteiger partial charge in [-0.15, -0.1) is 0 Å². The number of hydrogen-bond donors (Lipinski definition) is 1. The van der Waals surface area contributed by atoms with E-state index in [1.54, 1.807) is 7.11 Å². The number of methoxy groups -OCH3 is 1. The Bertz CT molecular complexity index is 905. The van der Waals surface area contributed by atoms with Crippen molar-refractivity contribution in [3.63, 3.8) is 0 Å². The standard InChI is InChI=1S/C16H13N3O4S/c1-23-12-6-7-13-15(8-12)24-16(18-13)17-9-14(20)10-2-4-11(5-3-10)19(21)22/h2-8H,9H2,1H3,(H,17,18). The van der Waals surface area contributed by atoms with E-state index in [1.165, 1.54) is 35.6 Å². The number of Topliss-reactive ketones (excluding diaryl/α,β-unsaturated/α-hetero) is 1. The quantitative estimate of drug-likeness (QED) is 0.418. The molecule has 0 atom stereocenters. The molecule has 0 aliphatic rings. The lowest BCUT2D eigenvalue weighted by atomic mass is 10.1. The van der Waals surface area contributed by atoms with E-state index in [1.807, 2.05) is 18.2 Å². The number of fused-ring (bicyclic) bond motifs is 1. The Balaban J connectivity index is 1.68. The number of nitrogens with one attached hydrogen (secondary N) is 1. The number of non-ortho nitro benzene ring substituents is 1. The Morgan fingerprint density at radius 3 is 2.71 bits per heavy atom. The highest BCUT2D eigenvalue weighted by Crippen LogP contribution is 2.29. The minimum absolute atomic E-state index is 0.0420. The number of aromatic nitrogens is 1. The van der Waals surface area contributed by atoms with Gasteiger partial charge in [-0.1, -0.05) is 11.3 Å². The second kappa shape index (κ2) is 6.63. The molecular weight excluding hydrogens is 330 g/mol. The molecule has 0 radical (unpaired) electrons. The molecule has 122 valence electrons. The summed E-state index contributed by atoms with van der Waals surface area (Å²) < 4.78 is 6.13. The zero-order chi connectivity index (χ0) is 17.1. The van der Waals surface area contributed by atoms with Crippen LogP contribution in [0.25, 0.3) is 10.2 Å². The number of rotatable bonds is 6. The van der Waals surface area contributed by atoms with Crippen LogP contribution in [0.4, 0.5) is 10.8 Å². The zero-order valence-electron chi connectivity index (χ0n) is 12.7. The van der Waals surface area contributed by atoms with Crippen molar-refractivity contribution < 1.29 is 14.5 Å². The van der Waals surface area contributed by atoms with Crippen LogP contribution in [0.15, 0.2) is 42.5 Å². The van der Waals surface area contributed by atoms with Crippen LogP contribution in [0.2, 0.25) is 0 Å². The molecule has 2 aromatic carbocycles. The van der Waals surface area contributed by atoms with Gasteiger partial charge in [0.15, 0.2) is 10.9 Å². The Morgan fingerprint density at radius 2 is 2.04 bits per heavy atom. The van der Waals surface area contributed by atoms with Gasteiger partial charge in [0.25, 0.3) is 5.69 Å². The molecule has 24 heavy (non-hydrogen) atoms. The maximum Gasteiger partial charge on any atom is 0.269 e. The summed E-state index contributed by atoms with van der Waals surface area (Å²) in [6, 6.07) is 11.1. The van der Waals surface area contributed by atoms with Gasteiger partial charge in [0.2, 0.25) is 0 Å². The van der Waals surface area contributed by atoms with Crippen LogP contribution in [0, 0.1) is 10.1 Å². The summed E-state index contributed by atoms with van der Waals surface area (Å²) in [5.74, 6) is 0.585. The van der Waals surface area contributed by atoms with E-state index in [2.05, 4.69) is 10.3 Å². The SMILES string of the molecule is COc1ccc2nc(NCC(=O)c3ccc([N+](=O)[O-])cc3)sc2c1. The summed E-state index contributed by atoms with van der Waals surface area (Å²) >= 11 is 1.43. The van der Waals surface area contributed by atoms with Crippen LogP contribution in [0.1, 0.15) is 10.4 Å². The van der Waals surface area contributed by atoms with Gasteiger partial charge < -0.3 is 10.1 Å². The van der Waals surface area contributed by atoms with Gasteiger partial charge in [-0.25, -0.2) is 4.98 Å². The molecule has 0 bridgehead atoms. The average Bonchev–Trinajstić information content (AvgIpc) is 3.01. The number of hydrogen-bond acceptors (Lipinski definition) is 7.